The minimum Gasteiger partial charge on any atom is -0.393 e. The zero-order chi connectivity index (χ0) is 14.4. The fraction of sp³-hybridized carbons (Fsp3) is 0.462. The average molecular weight is 280 g/mol. The largest absolute Gasteiger partial charge is 0.393 e. The Bertz CT molecular complexity index is 464. The summed E-state index contributed by atoms with van der Waals surface area (Å²) >= 11 is 4.96. The Balaban J connectivity index is 2.81. The van der Waals surface area contributed by atoms with Crippen LogP contribution in [0.3, 0.4) is 0 Å². The van der Waals surface area contributed by atoms with Crippen LogP contribution in [0.2, 0.25) is 0 Å². The third-order valence-corrected chi connectivity index (χ3v) is 3.19. The Morgan fingerprint density at radius 2 is 2.32 bits per heavy atom. The molecule has 1 unspecified atom stereocenters. The molecular formula is C13H20N4OS. The van der Waals surface area contributed by atoms with Crippen molar-refractivity contribution in [1.82, 2.24) is 10.3 Å². The van der Waals surface area contributed by atoms with Crippen LogP contribution in [0, 0.1) is 5.92 Å². The molecule has 0 bridgehead atoms. The van der Waals surface area contributed by atoms with Crippen LogP contribution >= 0.6 is 12.2 Å². The molecule has 0 spiro atoms. The van der Waals surface area contributed by atoms with Crippen LogP contribution < -0.4 is 16.0 Å². The molecule has 0 aliphatic heterocycles. The molecule has 0 fully saturated rings. The molecule has 1 rings (SSSR count). The lowest BCUT2D eigenvalue weighted by Crippen LogP contribution is -2.31. The molecule has 1 atom stereocenters. The van der Waals surface area contributed by atoms with Gasteiger partial charge >= 0.3 is 0 Å². The topological polar surface area (TPSA) is 71.2 Å². The highest BCUT2D eigenvalue weighted by molar-refractivity contribution is 7.80. The van der Waals surface area contributed by atoms with E-state index in [2.05, 4.69) is 10.3 Å². The van der Waals surface area contributed by atoms with Gasteiger partial charge in [-0.15, -0.1) is 0 Å². The number of thiocarbonyl (C=S) groups is 1. The molecular weight excluding hydrogens is 260 g/mol. The van der Waals surface area contributed by atoms with Gasteiger partial charge in [-0.05, 0) is 19.1 Å². The minimum atomic E-state index is -0.167. The molecule has 3 N–H and O–H groups in total. The van der Waals surface area contributed by atoms with E-state index in [0.29, 0.717) is 23.8 Å². The third kappa shape index (κ3) is 4.48. The summed E-state index contributed by atoms with van der Waals surface area (Å²) in [6.45, 7) is 5.13. The molecule has 1 amide bonds. The van der Waals surface area contributed by atoms with Gasteiger partial charge in [-0.3, -0.25) is 9.78 Å². The maximum Gasteiger partial charge on any atom is 0.269 e. The summed E-state index contributed by atoms with van der Waals surface area (Å²) in [4.78, 5) is 18.3. The van der Waals surface area contributed by atoms with Crippen LogP contribution in [0.4, 0.5) is 5.69 Å². The second-order valence-corrected chi connectivity index (χ2v) is 4.91. The normalized spacial score (nSPS) is 11.7. The summed E-state index contributed by atoms with van der Waals surface area (Å²) < 4.78 is 0. The fourth-order valence-corrected chi connectivity index (χ4v) is 1.71. The molecule has 1 aromatic heterocycles. The molecule has 19 heavy (non-hydrogen) atoms. The van der Waals surface area contributed by atoms with E-state index >= 15 is 0 Å². The molecule has 5 nitrogen and oxygen atoms in total. The standard InChI is InChI=1S/C13H20N4OS/c1-4-15-13(18)11-7-10(5-6-16-11)17(3)8-9(2)12(14)19/h5-7,9H,4,8H2,1-3H3,(H2,14,19)(H,15,18). The first-order chi connectivity index (χ1) is 8.95. The van der Waals surface area contributed by atoms with Crippen LogP contribution in [-0.2, 0) is 0 Å². The Kier molecular flexibility index (Phi) is 5.69. The average Bonchev–Trinajstić information content (AvgIpc) is 2.39. The molecule has 6 heteroatoms. The van der Waals surface area contributed by atoms with Crippen molar-refractivity contribution in [3.05, 3.63) is 24.0 Å². The second kappa shape index (κ2) is 7.04. The summed E-state index contributed by atoms with van der Waals surface area (Å²) in [6.07, 6.45) is 1.63. The number of hydrogen-bond donors (Lipinski definition) is 2. The van der Waals surface area contributed by atoms with Crippen LogP contribution in [0.15, 0.2) is 18.3 Å². The number of hydrogen-bond acceptors (Lipinski definition) is 4. The van der Waals surface area contributed by atoms with Crippen molar-refractivity contribution in [3.63, 3.8) is 0 Å². The van der Waals surface area contributed by atoms with Gasteiger partial charge in [-0.2, -0.15) is 0 Å². The van der Waals surface area contributed by atoms with E-state index in [1.807, 2.05) is 31.9 Å². The number of amides is 1. The summed E-state index contributed by atoms with van der Waals surface area (Å²) in [5, 5.41) is 2.73. The molecule has 0 radical (unpaired) electrons. The van der Waals surface area contributed by atoms with E-state index in [0.717, 1.165) is 5.69 Å². The van der Waals surface area contributed by atoms with Gasteiger partial charge in [0, 0.05) is 37.9 Å². The Labute approximate surface area is 119 Å². The number of nitrogens with one attached hydrogen (secondary N) is 1. The van der Waals surface area contributed by atoms with Crippen LogP contribution in [-0.4, -0.2) is 36.0 Å². The van der Waals surface area contributed by atoms with Gasteiger partial charge in [-0.25, -0.2) is 0 Å². The van der Waals surface area contributed by atoms with E-state index < -0.39 is 0 Å². The van der Waals surface area contributed by atoms with Crippen molar-refractivity contribution in [2.45, 2.75) is 13.8 Å². The van der Waals surface area contributed by atoms with E-state index in [9.17, 15) is 4.79 Å². The second-order valence-electron chi connectivity index (χ2n) is 4.44. The lowest BCUT2D eigenvalue weighted by Gasteiger charge is -2.23. The summed E-state index contributed by atoms with van der Waals surface area (Å²) in [6, 6.07) is 3.62. The number of carbonyl (C=O) groups is 1. The first-order valence-corrected chi connectivity index (χ1v) is 6.61. The van der Waals surface area contributed by atoms with Gasteiger partial charge in [0.1, 0.15) is 5.69 Å². The molecule has 104 valence electrons. The third-order valence-electron chi connectivity index (χ3n) is 2.79. The van der Waals surface area contributed by atoms with Crippen molar-refractivity contribution < 1.29 is 4.79 Å². The van der Waals surface area contributed by atoms with Gasteiger partial charge < -0.3 is 16.0 Å². The van der Waals surface area contributed by atoms with E-state index in [4.69, 9.17) is 18.0 Å². The first kappa shape index (κ1) is 15.4. The van der Waals surface area contributed by atoms with E-state index in [1.165, 1.54) is 0 Å². The highest BCUT2D eigenvalue weighted by atomic mass is 32.1. The number of rotatable bonds is 6. The predicted octanol–water partition coefficient (Wildman–Crippen LogP) is 1.19. The highest BCUT2D eigenvalue weighted by Gasteiger charge is 2.12. The summed E-state index contributed by atoms with van der Waals surface area (Å²) in [7, 11) is 1.94. The zero-order valence-corrected chi connectivity index (χ0v) is 12.3. The number of nitrogens with zero attached hydrogens (tertiary/aromatic N) is 2. The Hall–Kier alpha value is -1.69. The fourth-order valence-electron chi connectivity index (χ4n) is 1.64. The predicted molar refractivity (Wildman–Crippen MR) is 81.5 cm³/mol. The Morgan fingerprint density at radius 1 is 1.63 bits per heavy atom. The van der Waals surface area contributed by atoms with Crippen molar-refractivity contribution in [1.29, 1.82) is 0 Å². The van der Waals surface area contributed by atoms with Gasteiger partial charge in [0.2, 0.25) is 0 Å². The van der Waals surface area contributed by atoms with Crippen molar-refractivity contribution in [2.24, 2.45) is 11.7 Å². The number of aromatic nitrogens is 1. The maximum absolute atomic E-state index is 11.7. The highest BCUT2D eigenvalue weighted by Crippen LogP contribution is 2.14. The number of pyridine rings is 1. The lowest BCUT2D eigenvalue weighted by atomic mass is 10.1. The molecule has 0 aliphatic rings. The van der Waals surface area contributed by atoms with Crippen molar-refractivity contribution in [2.75, 3.05) is 25.0 Å². The van der Waals surface area contributed by atoms with Gasteiger partial charge in [-0.1, -0.05) is 19.1 Å². The van der Waals surface area contributed by atoms with Gasteiger partial charge in [0.15, 0.2) is 0 Å². The maximum atomic E-state index is 11.7. The molecule has 1 aromatic rings. The van der Waals surface area contributed by atoms with Gasteiger partial charge in [0.25, 0.3) is 5.91 Å². The molecule has 0 saturated carbocycles. The van der Waals surface area contributed by atoms with Gasteiger partial charge in [0.05, 0.1) is 4.99 Å². The zero-order valence-electron chi connectivity index (χ0n) is 11.5. The first-order valence-electron chi connectivity index (χ1n) is 6.20. The monoisotopic (exact) mass is 280 g/mol. The molecule has 1 heterocycles. The molecule has 0 aromatic carbocycles. The quantitative estimate of drug-likeness (QED) is 0.766. The van der Waals surface area contributed by atoms with E-state index in [-0.39, 0.29) is 11.8 Å². The smallest absolute Gasteiger partial charge is 0.269 e. The molecule has 0 aliphatic carbocycles. The van der Waals surface area contributed by atoms with Crippen molar-refractivity contribution >= 4 is 28.8 Å². The SMILES string of the molecule is CCNC(=O)c1cc(N(C)CC(C)C(N)=S)ccn1. The number of nitrogens with two attached hydrogens (primary N) is 1. The number of anilines is 1. The van der Waals surface area contributed by atoms with Crippen molar-refractivity contribution in [3.8, 4) is 0 Å². The van der Waals surface area contributed by atoms with Crippen LogP contribution in [0.5, 0.6) is 0 Å². The Morgan fingerprint density at radius 3 is 2.89 bits per heavy atom. The molecule has 0 saturated heterocycles. The number of carbonyl (C=O) groups excluding carboxylic acids is 1. The lowest BCUT2D eigenvalue weighted by molar-refractivity contribution is 0.0951. The van der Waals surface area contributed by atoms with Crippen LogP contribution in [0.25, 0.3) is 0 Å². The van der Waals surface area contributed by atoms with Crippen LogP contribution in [0.1, 0.15) is 24.3 Å². The summed E-state index contributed by atoms with van der Waals surface area (Å²) in [5.74, 6) is -0.0544. The van der Waals surface area contributed by atoms with E-state index in [1.54, 1.807) is 12.3 Å². The summed E-state index contributed by atoms with van der Waals surface area (Å²) in [5.41, 5.74) is 6.94. The minimum absolute atomic E-state index is 0.112.